The van der Waals surface area contributed by atoms with Crippen LogP contribution in [0.5, 0.6) is 5.88 Å². The lowest BCUT2D eigenvalue weighted by Crippen LogP contribution is -2.36. The fraction of sp³-hybridized carbons (Fsp3) is 0.467. The summed E-state index contributed by atoms with van der Waals surface area (Å²) in [7, 11) is 0. The Labute approximate surface area is 129 Å². The van der Waals surface area contributed by atoms with Gasteiger partial charge in [-0.3, -0.25) is 0 Å². The van der Waals surface area contributed by atoms with Crippen molar-refractivity contribution in [2.24, 2.45) is 0 Å². The summed E-state index contributed by atoms with van der Waals surface area (Å²) in [6.45, 7) is 5.43. The molecule has 0 atom stereocenters. The topological polar surface area (TPSA) is 86.6 Å². The number of ether oxygens (including phenoxy) is 2. The molecule has 1 aliphatic rings. The van der Waals surface area contributed by atoms with Crippen LogP contribution in [-0.2, 0) is 11.2 Å². The van der Waals surface area contributed by atoms with Crippen molar-refractivity contribution in [1.29, 1.82) is 0 Å². The fourth-order valence-electron chi connectivity index (χ4n) is 2.37. The van der Waals surface area contributed by atoms with Gasteiger partial charge in [-0.1, -0.05) is 0 Å². The summed E-state index contributed by atoms with van der Waals surface area (Å²) >= 11 is 0. The summed E-state index contributed by atoms with van der Waals surface area (Å²) in [5, 5.41) is 0. The SMILES string of the molecule is Cc1ncc(CCOc2cc(N3CCOCC3)cc(N)n2)o1. The zero-order chi connectivity index (χ0) is 15.4. The third kappa shape index (κ3) is 3.67. The molecule has 22 heavy (non-hydrogen) atoms. The average Bonchev–Trinajstić information content (AvgIpc) is 2.93. The Morgan fingerprint density at radius 3 is 2.86 bits per heavy atom. The lowest BCUT2D eigenvalue weighted by Gasteiger charge is -2.29. The Hall–Kier alpha value is -2.28. The van der Waals surface area contributed by atoms with Gasteiger partial charge in [0.2, 0.25) is 5.88 Å². The highest BCUT2D eigenvalue weighted by molar-refractivity contribution is 5.55. The highest BCUT2D eigenvalue weighted by Gasteiger charge is 2.13. The number of aromatic nitrogens is 2. The molecule has 0 radical (unpaired) electrons. The highest BCUT2D eigenvalue weighted by Crippen LogP contribution is 2.23. The minimum atomic E-state index is 0.453. The van der Waals surface area contributed by atoms with E-state index >= 15 is 0 Å². The molecule has 2 N–H and O–H groups in total. The smallest absolute Gasteiger partial charge is 0.217 e. The summed E-state index contributed by atoms with van der Waals surface area (Å²) in [5.74, 6) is 2.44. The minimum Gasteiger partial charge on any atom is -0.477 e. The van der Waals surface area contributed by atoms with Gasteiger partial charge in [0, 0.05) is 44.3 Å². The second-order valence-electron chi connectivity index (χ2n) is 5.13. The first-order valence-corrected chi connectivity index (χ1v) is 7.35. The van der Waals surface area contributed by atoms with E-state index in [1.165, 1.54) is 0 Å². The molecule has 7 heteroatoms. The van der Waals surface area contributed by atoms with Crippen molar-refractivity contribution >= 4 is 11.5 Å². The van der Waals surface area contributed by atoms with Gasteiger partial charge in [-0.15, -0.1) is 0 Å². The highest BCUT2D eigenvalue weighted by atomic mass is 16.5. The van der Waals surface area contributed by atoms with Crippen LogP contribution in [0.15, 0.2) is 22.7 Å². The van der Waals surface area contributed by atoms with Gasteiger partial charge in [0.1, 0.15) is 11.6 Å². The summed E-state index contributed by atoms with van der Waals surface area (Å²) in [6.07, 6.45) is 2.36. The van der Waals surface area contributed by atoms with Crippen LogP contribution in [-0.4, -0.2) is 42.9 Å². The lowest BCUT2D eigenvalue weighted by atomic mass is 10.3. The third-order valence-corrected chi connectivity index (χ3v) is 3.45. The van der Waals surface area contributed by atoms with Crippen molar-refractivity contribution in [3.05, 3.63) is 30.0 Å². The second kappa shape index (κ2) is 6.65. The van der Waals surface area contributed by atoms with Gasteiger partial charge in [-0.25, -0.2) is 4.98 Å². The summed E-state index contributed by atoms with van der Waals surface area (Å²) in [6, 6.07) is 3.77. The number of pyridine rings is 1. The van der Waals surface area contributed by atoms with E-state index in [2.05, 4.69) is 14.9 Å². The molecule has 0 spiro atoms. The van der Waals surface area contributed by atoms with E-state index in [1.807, 2.05) is 19.1 Å². The van der Waals surface area contributed by atoms with Crippen molar-refractivity contribution in [2.75, 3.05) is 43.5 Å². The zero-order valence-corrected chi connectivity index (χ0v) is 12.6. The number of aryl methyl sites for hydroxylation is 1. The van der Waals surface area contributed by atoms with Crippen molar-refractivity contribution in [3.63, 3.8) is 0 Å². The van der Waals surface area contributed by atoms with Gasteiger partial charge in [-0.05, 0) is 0 Å². The van der Waals surface area contributed by atoms with E-state index < -0.39 is 0 Å². The molecule has 1 fully saturated rings. The Morgan fingerprint density at radius 2 is 2.14 bits per heavy atom. The van der Waals surface area contributed by atoms with Crippen molar-refractivity contribution in [3.8, 4) is 5.88 Å². The van der Waals surface area contributed by atoms with E-state index in [0.717, 1.165) is 37.8 Å². The number of nitrogens with zero attached hydrogens (tertiary/aromatic N) is 3. The number of hydrogen-bond acceptors (Lipinski definition) is 7. The largest absolute Gasteiger partial charge is 0.477 e. The molecule has 0 saturated carbocycles. The number of nitrogen functional groups attached to an aromatic ring is 1. The molecule has 7 nitrogen and oxygen atoms in total. The van der Waals surface area contributed by atoms with Crippen LogP contribution in [0.3, 0.4) is 0 Å². The zero-order valence-electron chi connectivity index (χ0n) is 12.6. The maximum atomic E-state index is 5.87. The standard InChI is InChI=1S/C15H20N4O3/c1-11-17-10-13(22-11)2-5-21-15-9-12(8-14(16)18-15)19-3-6-20-7-4-19/h8-10H,2-7H2,1H3,(H2,16,18). The molecule has 1 saturated heterocycles. The maximum Gasteiger partial charge on any atom is 0.217 e. The molecule has 3 rings (SSSR count). The van der Waals surface area contributed by atoms with E-state index in [4.69, 9.17) is 19.6 Å². The predicted molar refractivity (Wildman–Crippen MR) is 82.1 cm³/mol. The van der Waals surface area contributed by atoms with Gasteiger partial charge in [0.15, 0.2) is 5.89 Å². The molecule has 1 aliphatic heterocycles. The molecule has 2 aromatic rings. The normalized spacial score (nSPS) is 15.0. The molecule has 0 amide bonds. The summed E-state index contributed by atoms with van der Waals surface area (Å²) < 4.78 is 16.5. The van der Waals surface area contributed by atoms with Crippen LogP contribution < -0.4 is 15.4 Å². The van der Waals surface area contributed by atoms with Crippen molar-refractivity contribution < 1.29 is 13.9 Å². The number of hydrogen-bond donors (Lipinski definition) is 1. The summed E-state index contributed by atoms with van der Waals surface area (Å²) in [4.78, 5) is 10.5. The molecule has 0 unspecified atom stereocenters. The first-order chi connectivity index (χ1) is 10.7. The number of nitrogens with two attached hydrogens (primary N) is 1. The fourth-order valence-corrected chi connectivity index (χ4v) is 2.37. The predicted octanol–water partition coefficient (Wildman–Crippen LogP) is 1.42. The van der Waals surface area contributed by atoms with Gasteiger partial charge < -0.3 is 24.5 Å². The first-order valence-electron chi connectivity index (χ1n) is 7.35. The van der Waals surface area contributed by atoms with Gasteiger partial charge in [0.05, 0.1) is 26.0 Å². The first kappa shape index (κ1) is 14.6. The molecule has 2 aromatic heterocycles. The van der Waals surface area contributed by atoms with Gasteiger partial charge >= 0.3 is 0 Å². The maximum absolute atomic E-state index is 5.87. The second-order valence-corrected chi connectivity index (χ2v) is 5.13. The number of morpholine rings is 1. The number of oxazole rings is 1. The van der Waals surface area contributed by atoms with Crippen LogP contribution in [0, 0.1) is 6.92 Å². The number of rotatable bonds is 5. The van der Waals surface area contributed by atoms with Crippen LogP contribution in [0.1, 0.15) is 11.7 Å². The van der Waals surface area contributed by atoms with Crippen molar-refractivity contribution in [2.45, 2.75) is 13.3 Å². The lowest BCUT2D eigenvalue weighted by molar-refractivity contribution is 0.122. The Morgan fingerprint density at radius 1 is 1.32 bits per heavy atom. The minimum absolute atomic E-state index is 0.453. The molecule has 0 aromatic carbocycles. The molecule has 3 heterocycles. The third-order valence-electron chi connectivity index (χ3n) is 3.45. The summed E-state index contributed by atoms with van der Waals surface area (Å²) in [5.41, 5.74) is 6.89. The Kier molecular flexibility index (Phi) is 4.43. The van der Waals surface area contributed by atoms with Crippen LogP contribution in [0.2, 0.25) is 0 Å². The van der Waals surface area contributed by atoms with Gasteiger partial charge in [-0.2, -0.15) is 4.98 Å². The van der Waals surface area contributed by atoms with E-state index in [0.29, 0.717) is 30.6 Å². The van der Waals surface area contributed by atoms with E-state index in [-0.39, 0.29) is 0 Å². The Balaban J connectivity index is 1.61. The van der Waals surface area contributed by atoms with Gasteiger partial charge in [0.25, 0.3) is 0 Å². The van der Waals surface area contributed by atoms with Crippen LogP contribution in [0.25, 0.3) is 0 Å². The van der Waals surface area contributed by atoms with Crippen LogP contribution >= 0.6 is 0 Å². The quantitative estimate of drug-likeness (QED) is 0.893. The van der Waals surface area contributed by atoms with E-state index in [9.17, 15) is 0 Å². The molecular formula is C15H20N4O3. The molecule has 118 valence electrons. The molecular weight excluding hydrogens is 284 g/mol. The monoisotopic (exact) mass is 304 g/mol. The average molecular weight is 304 g/mol. The molecule has 0 aliphatic carbocycles. The van der Waals surface area contributed by atoms with E-state index in [1.54, 1.807) is 6.20 Å². The van der Waals surface area contributed by atoms with Crippen molar-refractivity contribution in [1.82, 2.24) is 9.97 Å². The Bertz CT molecular complexity index is 623. The van der Waals surface area contributed by atoms with Crippen LogP contribution in [0.4, 0.5) is 11.5 Å². The number of anilines is 2. The molecule has 0 bridgehead atoms.